The first kappa shape index (κ1) is 26.4. The van der Waals surface area contributed by atoms with Crippen molar-refractivity contribution in [1.29, 1.82) is 0 Å². The van der Waals surface area contributed by atoms with Crippen molar-refractivity contribution in [2.24, 2.45) is 11.8 Å². The smallest absolute Gasteiger partial charge is 0.248 e. The van der Waals surface area contributed by atoms with Gasteiger partial charge in [0.15, 0.2) is 0 Å². The zero-order valence-electron chi connectivity index (χ0n) is 20.9. The van der Waals surface area contributed by atoms with E-state index in [-0.39, 0.29) is 36.5 Å². The number of ether oxygens (including phenoxy) is 1. The van der Waals surface area contributed by atoms with E-state index in [4.69, 9.17) is 9.84 Å². The fourth-order valence-electron chi connectivity index (χ4n) is 6.09. The molecule has 190 valence electrons. The molecule has 3 aliphatic heterocycles. The van der Waals surface area contributed by atoms with Gasteiger partial charge in [0.2, 0.25) is 17.7 Å². The predicted molar refractivity (Wildman–Crippen MR) is 130 cm³/mol. The number of rotatable bonds is 13. The first-order valence-electron chi connectivity index (χ1n) is 12.6. The minimum absolute atomic E-state index is 0.0581. The average molecular weight is 476 g/mol. The molecule has 3 amide bonds. The predicted octanol–water partition coefficient (Wildman–Crippen LogP) is 1.98. The molecular weight excluding hydrogens is 434 g/mol. The Kier molecular flexibility index (Phi) is 8.57. The number of aliphatic hydroxyl groups is 1. The van der Waals surface area contributed by atoms with E-state index in [9.17, 15) is 14.4 Å². The van der Waals surface area contributed by atoms with E-state index in [0.29, 0.717) is 32.5 Å². The summed E-state index contributed by atoms with van der Waals surface area (Å²) in [6.07, 6.45) is 7.47. The molecule has 0 aromatic carbocycles. The molecule has 3 rings (SSSR count). The highest BCUT2D eigenvalue weighted by Crippen LogP contribution is 2.59. The van der Waals surface area contributed by atoms with Crippen molar-refractivity contribution < 1.29 is 24.2 Å². The first-order chi connectivity index (χ1) is 16.2. The van der Waals surface area contributed by atoms with Crippen LogP contribution in [0, 0.1) is 11.8 Å². The van der Waals surface area contributed by atoms with Crippen molar-refractivity contribution in [3.8, 4) is 0 Å². The van der Waals surface area contributed by atoms with Gasteiger partial charge >= 0.3 is 0 Å². The van der Waals surface area contributed by atoms with Crippen LogP contribution >= 0.6 is 0 Å². The minimum Gasteiger partial charge on any atom is -0.396 e. The van der Waals surface area contributed by atoms with Crippen LogP contribution in [0.4, 0.5) is 0 Å². The van der Waals surface area contributed by atoms with Gasteiger partial charge in [-0.15, -0.1) is 13.2 Å². The largest absolute Gasteiger partial charge is 0.396 e. The van der Waals surface area contributed by atoms with Crippen LogP contribution in [0.3, 0.4) is 0 Å². The topological polar surface area (TPSA) is 90.4 Å². The molecule has 5 atom stereocenters. The average Bonchev–Trinajstić information content (AvgIpc) is 3.44. The van der Waals surface area contributed by atoms with E-state index in [2.05, 4.69) is 13.2 Å². The van der Waals surface area contributed by atoms with Crippen LogP contribution in [0.5, 0.6) is 0 Å². The number of unbranched alkanes of at least 4 members (excludes halogenated alkanes) is 3. The summed E-state index contributed by atoms with van der Waals surface area (Å²) in [6, 6.07) is -0.796. The Labute approximate surface area is 203 Å². The molecule has 0 aromatic rings. The lowest BCUT2D eigenvalue weighted by Crippen LogP contribution is -2.57. The van der Waals surface area contributed by atoms with E-state index >= 15 is 0 Å². The minimum atomic E-state index is -0.965. The van der Waals surface area contributed by atoms with E-state index in [0.717, 1.165) is 25.7 Å². The molecule has 34 heavy (non-hydrogen) atoms. The Balaban J connectivity index is 1.95. The zero-order chi connectivity index (χ0) is 25.0. The van der Waals surface area contributed by atoms with Crippen LogP contribution in [0.25, 0.3) is 0 Å². The standard InChI is InChI=1S/C26H41N3O5/c1-6-14-27(5)23(31)20-19-12-13-26(34-19)21(20)24(32)29(16-10-8-9-11-17-30)22(26)25(33)28(15-7-2)18(3)4/h6-7,18-22,30H,1-2,8-17H2,3-5H3/t19-,20+,21-,22?,26?/m0/s1. The second-order valence-electron chi connectivity index (χ2n) is 10.1. The lowest BCUT2D eigenvalue weighted by molar-refractivity contribution is -0.149. The summed E-state index contributed by atoms with van der Waals surface area (Å²) in [7, 11) is 1.72. The molecule has 0 saturated carbocycles. The summed E-state index contributed by atoms with van der Waals surface area (Å²) in [5, 5.41) is 9.06. The van der Waals surface area contributed by atoms with Crippen LogP contribution in [0.2, 0.25) is 0 Å². The van der Waals surface area contributed by atoms with Crippen molar-refractivity contribution >= 4 is 17.7 Å². The van der Waals surface area contributed by atoms with Gasteiger partial charge in [0.1, 0.15) is 11.6 Å². The third kappa shape index (κ3) is 4.54. The molecule has 3 saturated heterocycles. The lowest BCUT2D eigenvalue weighted by atomic mass is 9.70. The molecule has 3 heterocycles. The molecule has 1 N–H and O–H groups in total. The van der Waals surface area contributed by atoms with Gasteiger partial charge in [0, 0.05) is 39.3 Å². The maximum absolute atomic E-state index is 14.0. The summed E-state index contributed by atoms with van der Waals surface area (Å²) >= 11 is 0. The van der Waals surface area contributed by atoms with Crippen molar-refractivity contribution in [2.75, 3.05) is 33.3 Å². The number of fused-ring (bicyclic) bond motifs is 1. The van der Waals surface area contributed by atoms with Crippen molar-refractivity contribution in [3.05, 3.63) is 25.3 Å². The highest BCUT2D eigenvalue weighted by molar-refractivity contribution is 5.99. The third-order valence-corrected chi connectivity index (χ3v) is 7.64. The SMILES string of the molecule is C=CCN(C)C(=O)[C@@H]1[C@@H]2CCC3(O2)C(C(=O)N(CC=C)C(C)C)N(CCCCCCO)C(=O)[C@H]13. The molecule has 1 spiro atoms. The van der Waals surface area contributed by atoms with Crippen molar-refractivity contribution in [2.45, 2.75) is 76.2 Å². The summed E-state index contributed by atoms with van der Waals surface area (Å²) in [5.74, 6) is -1.61. The van der Waals surface area contributed by atoms with Crippen LogP contribution in [0.15, 0.2) is 25.3 Å². The Morgan fingerprint density at radius 1 is 1.18 bits per heavy atom. The Morgan fingerprint density at radius 2 is 1.85 bits per heavy atom. The number of carbonyl (C=O) groups excluding carboxylic acids is 3. The summed E-state index contributed by atoms with van der Waals surface area (Å²) in [4.78, 5) is 46.2. The number of nitrogens with zero attached hydrogens (tertiary/aromatic N) is 3. The zero-order valence-corrected chi connectivity index (χ0v) is 20.9. The lowest BCUT2D eigenvalue weighted by Gasteiger charge is -2.38. The second kappa shape index (κ2) is 11.0. The maximum atomic E-state index is 14.0. The van der Waals surface area contributed by atoms with Gasteiger partial charge in [-0.05, 0) is 39.5 Å². The van der Waals surface area contributed by atoms with E-state index in [1.165, 1.54) is 0 Å². The number of amides is 3. The Bertz CT molecular complexity index is 799. The highest BCUT2D eigenvalue weighted by Gasteiger charge is 2.74. The Morgan fingerprint density at radius 3 is 2.47 bits per heavy atom. The number of hydrogen-bond acceptors (Lipinski definition) is 5. The highest BCUT2D eigenvalue weighted by atomic mass is 16.5. The number of likely N-dealkylation sites (N-methyl/N-ethyl adjacent to an activating group) is 1. The summed E-state index contributed by atoms with van der Waals surface area (Å²) in [5.41, 5.74) is -0.965. The van der Waals surface area contributed by atoms with Crippen molar-refractivity contribution in [3.63, 3.8) is 0 Å². The van der Waals surface area contributed by atoms with Gasteiger partial charge < -0.3 is 24.5 Å². The number of hydrogen-bond donors (Lipinski definition) is 1. The summed E-state index contributed by atoms with van der Waals surface area (Å²) < 4.78 is 6.49. The van der Waals surface area contributed by atoms with E-state index in [1.54, 1.807) is 33.9 Å². The summed E-state index contributed by atoms with van der Waals surface area (Å²) in [6.45, 7) is 12.8. The molecule has 3 aliphatic rings. The molecule has 0 aromatic heterocycles. The molecule has 8 heteroatoms. The molecule has 0 radical (unpaired) electrons. The fourth-order valence-corrected chi connectivity index (χ4v) is 6.09. The molecule has 2 unspecified atom stereocenters. The molecule has 0 aliphatic carbocycles. The monoisotopic (exact) mass is 475 g/mol. The number of aliphatic hydroxyl groups excluding tert-OH is 1. The molecule has 8 nitrogen and oxygen atoms in total. The Hall–Kier alpha value is -2.19. The van der Waals surface area contributed by atoms with E-state index < -0.39 is 23.5 Å². The van der Waals surface area contributed by atoms with Gasteiger partial charge in [-0.3, -0.25) is 14.4 Å². The van der Waals surface area contributed by atoms with Gasteiger partial charge in [-0.2, -0.15) is 0 Å². The van der Waals surface area contributed by atoms with Crippen LogP contribution < -0.4 is 0 Å². The third-order valence-electron chi connectivity index (χ3n) is 7.64. The normalized spacial score (nSPS) is 29.4. The van der Waals surface area contributed by atoms with Gasteiger partial charge in [-0.25, -0.2) is 0 Å². The van der Waals surface area contributed by atoms with Gasteiger partial charge in [-0.1, -0.05) is 25.0 Å². The van der Waals surface area contributed by atoms with Gasteiger partial charge in [0.25, 0.3) is 0 Å². The van der Waals surface area contributed by atoms with Crippen LogP contribution in [-0.2, 0) is 19.1 Å². The van der Waals surface area contributed by atoms with Gasteiger partial charge in [0.05, 0.1) is 17.9 Å². The van der Waals surface area contributed by atoms with Crippen LogP contribution in [0.1, 0.15) is 52.4 Å². The second-order valence-corrected chi connectivity index (χ2v) is 10.1. The van der Waals surface area contributed by atoms with E-state index in [1.807, 2.05) is 13.8 Å². The molecule has 2 bridgehead atoms. The number of carbonyl (C=O) groups is 3. The van der Waals surface area contributed by atoms with Crippen molar-refractivity contribution in [1.82, 2.24) is 14.7 Å². The van der Waals surface area contributed by atoms with Crippen LogP contribution in [-0.4, -0.2) is 94.6 Å². The molecule has 3 fully saturated rings. The first-order valence-corrected chi connectivity index (χ1v) is 12.6. The maximum Gasteiger partial charge on any atom is 0.248 e. The quantitative estimate of drug-likeness (QED) is 0.325. The fraction of sp³-hybridized carbons (Fsp3) is 0.731. The number of likely N-dealkylation sites (tertiary alicyclic amines) is 1. The molecular formula is C26H41N3O5.